The number of halogens is 1. The molecule has 0 aliphatic carbocycles. The molecule has 0 unspecified atom stereocenters. The largest absolute Gasteiger partial charge is 0.481 e. The average molecular weight is 310 g/mol. The summed E-state index contributed by atoms with van der Waals surface area (Å²) in [5, 5.41) is 3.07. The Kier molecular flexibility index (Phi) is 3.93. The van der Waals surface area contributed by atoms with E-state index in [2.05, 4.69) is 36.2 Å². The maximum atomic E-state index is 5.63. The number of ether oxygens (including phenoxy) is 1. The van der Waals surface area contributed by atoms with E-state index in [9.17, 15) is 0 Å². The molecule has 0 saturated heterocycles. The van der Waals surface area contributed by atoms with Gasteiger partial charge in [-0.25, -0.2) is 9.97 Å². The summed E-state index contributed by atoms with van der Waals surface area (Å²) in [6, 6.07) is 5.39. The number of pyridine rings is 1. The van der Waals surface area contributed by atoms with Gasteiger partial charge in [-0.1, -0.05) is 6.07 Å². The molecule has 6 nitrogen and oxygen atoms in total. The average Bonchev–Trinajstić information content (AvgIpc) is 2.35. The highest BCUT2D eigenvalue weighted by Crippen LogP contribution is 2.16. The Morgan fingerprint density at radius 3 is 3.00 bits per heavy atom. The van der Waals surface area contributed by atoms with Crippen LogP contribution in [0.5, 0.6) is 5.88 Å². The standard InChI is InChI=1S/C11H12BrN5O/c1-18-10-7(3-2-4-14-10)6-15-11-16-8(12)5-9(13)17-11/h2-5H,6H2,1H3,(H3,13,15,16,17). The first-order chi connectivity index (χ1) is 8.69. The predicted octanol–water partition coefficient (Wildman–Crippen LogP) is 1.84. The fourth-order valence-corrected chi connectivity index (χ4v) is 1.83. The van der Waals surface area contributed by atoms with Gasteiger partial charge in [0.2, 0.25) is 11.8 Å². The van der Waals surface area contributed by atoms with Gasteiger partial charge in [0.05, 0.1) is 7.11 Å². The van der Waals surface area contributed by atoms with Crippen molar-refractivity contribution in [1.29, 1.82) is 0 Å². The molecule has 7 heteroatoms. The summed E-state index contributed by atoms with van der Waals surface area (Å²) >= 11 is 3.26. The second-order valence-corrected chi connectivity index (χ2v) is 4.28. The Labute approximate surface area is 113 Å². The molecule has 18 heavy (non-hydrogen) atoms. The van der Waals surface area contributed by atoms with E-state index in [0.717, 1.165) is 5.56 Å². The third-order valence-corrected chi connectivity index (χ3v) is 2.60. The van der Waals surface area contributed by atoms with Crippen LogP contribution in [0.1, 0.15) is 5.56 Å². The maximum Gasteiger partial charge on any atom is 0.225 e. The lowest BCUT2D eigenvalue weighted by Gasteiger charge is -2.08. The van der Waals surface area contributed by atoms with E-state index in [1.54, 1.807) is 19.4 Å². The number of rotatable bonds is 4. The van der Waals surface area contributed by atoms with Crippen LogP contribution in [-0.2, 0) is 6.54 Å². The smallest absolute Gasteiger partial charge is 0.225 e. The Morgan fingerprint density at radius 1 is 1.44 bits per heavy atom. The second-order valence-electron chi connectivity index (χ2n) is 3.46. The molecule has 2 heterocycles. The minimum Gasteiger partial charge on any atom is -0.481 e. The Morgan fingerprint density at radius 2 is 2.28 bits per heavy atom. The van der Waals surface area contributed by atoms with E-state index >= 15 is 0 Å². The van der Waals surface area contributed by atoms with Gasteiger partial charge in [-0.3, -0.25) is 0 Å². The minimum absolute atomic E-state index is 0.400. The van der Waals surface area contributed by atoms with E-state index in [0.29, 0.717) is 28.8 Å². The van der Waals surface area contributed by atoms with Crippen LogP contribution in [0.2, 0.25) is 0 Å². The summed E-state index contributed by atoms with van der Waals surface area (Å²) in [6.45, 7) is 0.507. The lowest BCUT2D eigenvalue weighted by atomic mass is 10.3. The van der Waals surface area contributed by atoms with Gasteiger partial charge < -0.3 is 15.8 Å². The summed E-state index contributed by atoms with van der Waals surface area (Å²) < 4.78 is 5.79. The zero-order valence-electron chi connectivity index (χ0n) is 9.72. The molecule has 0 amide bonds. The summed E-state index contributed by atoms with van der Waals surface area (Å²) in [4.78, 5) is 12.3. The molecule has 3 N–H and O–H groups in total. The maximum absolute atomic E-state index is 5.63. The number of nitrogens with one attached hydrogen (secondary N) is 1. The van der Waals surface area contributed by atoms with Crippen LogP contribution in [0.3, 0.4) is 0 Å². The number of hydrogen-bond donors (Lipinski definition) is 2. The van der Waals surface area contributed by atoms with Gasteiger partial charge >= 0.3 is 0 Å². The molecule has 0 radical (unpaired) electrons. The van der Waals surface area contributed by atoms with Crippen molar-refractivity contribution < 1.29 is 4.74 Å². The highest BCUT2D eigenvalue weighted by Gasteiger charge is 2.05. The van der Waals surface area contributed by atoms with E-state index in [1.165, 1.54) is 0 Å². The van der Waals surface area contributed by atoms with Gasteiger partial charge in [-0.2, -0.15) is 4.98 Å². The number of nitrogens with two attached hydrogens (primary N) is 1. The first-order valence-electron chi connectivity index (χ1n) is 5.21. The van der Waals surface area contributed by atoms with Crippen molar-refractivity contribution in [2.24, 2.45) is 0 Å². The van der Waals surface area contributed by atoms with Crippen molar-refractivity contribution in [3.8, 4) is 5.88 Å². The molecule has 0 aromatic carbocycles. The number of nitrogens with zero attached hydrogens (tertiary/aromatic N) is 3. The molecule has 2 aromatic heterocycles. The number of anilines is 2. The molecular formula is C11H12BrN5O. The Balaban J connectivity index is 2.11. The third kappa shape index (κ3) is 3.07. The van der Waals surface area contributed by atoms with Gasteiger partial charge in [0.15, 0.2) is 0 Å². The van der Waals surface area contributed by atoms with Crippen LogP contribution in [0.15, 0.2) is 29.0 Å². The first-order valence-corrected chi connectivity index (χ1v) is 6.00. The molecule has 0 saturated carbocycles. The van der Waals surface area contributed by atoms with E-state index in [-0.39, 0.29) is 0 Å². The van der Waals surface area contributed by atoms with Gasteiger partial charge in [-0.05, 0) is 22.0 Å². The molecule has 0 atom stereocenters. The van der Waals surface area contributed by atoms with Crippen LogP contribution in [-0.4, -0.2) is 22.1 Å². The summed E-state index contributed by atoms with van der Waals surface area (Å²) in [6.07, 6.45) is 1.68. The highest BCUT2D eigenvalue weighted by atomic mass is 79.9. The summed E-state index contributed by atoms with van der Waals surface area (Å²) in [7, 11) is 1.58. The minimum atomic E-state index is 0.400. The number of aromatic nitrogens is 3. The van der Waals surface area contributed by atoms with E-state index in [1.807, 2.05) is 12.1 Å². The summed E-state index contributed by atoms with van der Waals surface area (Å²) in [5.41, 5.74) is 6.54. The Hall–Kier alpha value is -1.89. The van der Waals surface area contributed by atoms with Crippen LogP contribution in [0.4, 0.5) is 11.8 Å². The number of hydrogen-bond acceptors (Lipinski definition) is 6. The monoisotopic (exact) mass is 309 g/mol. The Bertz CT molecular complexity index is 528. The van der Waals surface area contributed by atoms with Crippen LogP contribution >= 0.6 is 15.9 Å². The van der Waals surface area contributed by atoms with Crippen molar-refractivity contribution in [2.45, 2.75) is 6.54 Å². The fraction of sp³-hybridized carbons (Fsp3) is 0.182. The molecule has 94 valence electrons. The first kappa shape index (κ1) is 12.6. The molecule has 0 fully saturated rings. The van der Waals surface area contributed by atoms with Gasteiger partial charge in [0, 0.05) is 24.4 Å². The zero-order chi connectivity index (χ0) is 13.0. The normalized spacial score (nSPS) is 10.1. The van der Waals surface area contributed by atoms with Crippen molar-refractivity contribution in [3.63, 3.8) is 0 Å². The van der Waals surface area contributed by atoms with Crippen LogP contribution in [0.25, 0.3) is 0 Å². The number of methoxy groups -OCH3 is 1. The lowest BCUT2D eigenvalue weighted by Crippen LogP contribution is -2.07. The SMILES string of the molecule is COc1ncccc1CNc1nc(N)cc(Br)n1. The number of nitrogen functional groups attached to an aromatic ring is 1. The molecule has 0 aliphatic heterocycles. The third-order valence-electron chi connectivity index (χ3n) is 2.19. The predicted molar refractivity (Wildman–Crippen MR) is 72.3 cm³/mol. The van der Waals surface area contributed by atoms with Crippen molar-refractivity contribution in [1.82, 2.24) is 15.0 Å². The molecule has 2 aromatic rings. The topological polar surface area (TPSA) is 86.0 Å². The van der Waals surface area contributed by atoms with Crippen molar-refractivity contribution >= 4 is 27.7 Å². The summed E-state index contributed by atoms with van der Waals surface area (Å²) in [5.74, 6) is 1.43. The van der Waals surface area contributed by atoms with Crippen molar-refractivity contribution in [2.75, 3.05) is 18.2 Å². The van der Waals surface area contributed by atoms with Gasteiger partial charge in [-0.15, -0.1) is 0 Å². The van der Waals surface area contributed by atoms with Gasteiger partial charge in [0.1, 0.15) is 10.4 Å². The van der Waals surface area contributed by atoms with Crippen molar-refractivity contribution in [3.05, 3.63) is 34.6 Å². The molecular weight excluding hydrogens is 298 g/mol. The molecule has 0 bridgehead atoms. The molecule has 0 aliphatic rings. The highest BCUT2D eigenvalue weighted by molar-refractivity contribution is 9.10. The quantitative estimate of drug-likeness (QED) is 0.838. The fourth-order valence-electron chi connectivity index (χ4n) is 1.43. The second kappa shape index (κ2) is 5.63. The zero-order valence-corrected chi connectivity index (χ0v) is 11.3. The lowest BCUT2D eigenvalue weighted by molar-refractivity contribution is 0.393. The molecule has 0 spiro atoms. The molecule has 2 rings (SSSR count). The van der Waals surface area contributed by atoms with Gasteiger partial charge in [0.25, 0.3) is 0 Å². The van der Waals surface area contributed by atoms with Crippen LogP contribution < -0.4 is 15.8 Å². The van der Waals surface area contributed by atoms with E-state index < -0.39 is 0 Å². The van der Waals surface area contributed by atoms with Crippen LogP contribution in [0, 0.1) is 0 Å². The van der Waals surface area contributed by atoms with E-state index in [4.69, 9.17) is 10.5 Å².